The molecule has 242 valence electrons. The molecule has 4 rings (SSSR count). The molecule has 0 fully saturated rings. The van der Waals surface area contributed by atoms with Crippen molar-refractivity contribution in [3.05, 3.63) is 130 Å². The number of benzene rings is 4. The van der Waals surface area contributed by atoms with Crippen LogP contribution in [0.1, 0.15) is 30.5 Å². The Morgan fingerprint density at radius 3 is 2.20 bits per heavy atom. The lowest BCUT2D eigenvalue weighted by atomic mass is 10.0. The highest BCUT2D eigenvalue weighted by molar-refractivity contribution is 7.92. The van der Waals surface area contributed by atoms with Crippen LogP contribution in [0.2, 0.25) is 10.0 Å². The van der Waals surface area contributed by atoms with E-state index in [9.17, 15) is 18.0 Å². The average molecular weight is 685 g/mol. The van der Waals surface area contributed by atoms with E-state index < -0.39 is 40.2 Å². The van der Waals surface area contributed by atoms with Crippen LogP contribution in [0.3, 0.4) is 0 Å². The van der Waals surface area contributed by atoms with E-state index in [2.05, 4.69) is 5.32 Å². The van der Waals surface area contributed by atoms with Crippen molar-refractivity contribution in [2.45, 2.75) is 44.7 Å². The zero-order chi connectivity index (χ0) is 33.4. The summed E-state index contributed by atoms with van der Waals surface area (Å²) in [6, 6.07) is 24.4. The minimum atomic E-state index is -4.38. The van der Waals surface area contributed by atoms with Crippen molar-refractivity contribution in [2.75, 3.05) is 17.4 Å². The maximum atomic E-state index is 15.0. The molecule has 1 unspecified atom stereocenters. The number of aryl methyl sites for hydroxylation is 1. The van der Waals surface area contributed by atoms with Gasteiger partial charge in [-0.3, -0.25) is 13.9 Å². The van der Waals surface area contributed by atoms with Crippen LogP contribution in [-0.4, -0.2) is 44.3 Å². The number of amides is 2. The van der Waals surface area contributed by atoms with Gasteiger partial charge in [0, 0.05) is 30.1 Å². The van der Waals surface area contributed by atoms with Gasteiger partial charge in [-0.2, -0.15) is 0 Å². The Morgan fingerprint density at radius 1 is 0.891 bits per heavy atom. The summed E-state index contributed by atoms with van der Waals surface area (Å²) >= 11 is 12.8. The first-order chi connectivity index (χ1) is 21.9. The van der Waals surface area contributed by atoms with Gasteiger partial charge in [-0.15, -0.1) is 0 Å². The first-order valence-electron chi connectivity index (χ1n) is 14.8. The van der Waals surface area contributed by atoms with Gasteiger partial charge >= 0.3 is 0 Å². The predicted molar refractivity (Wildman–Crippen MR) is 181 cm³/mol. The van der Waals surface area contributed by atoms with Gasteiger partial charge < -0.3 is 10.2 Å². The van der Waals surface area contributed by atoms with E-state index in [0.717, 1.165) is 15.4 Å². The number of anilines is 1. The molecule has 0 saturated carbocycles. The summed E-state index contributed by atoms with van der Waals surface area (Å²) in [5, 5.41) is 3.15. The number of hydrogen-bond donors (Lipinski definition) is 1. The lowest BCUT2D eigenvalue weighted by Crippen LogP contribution is -2.54. The first kappa shape index (κ1) is 34.9. The zero-order valence-electron chi connectivity index (χ0n) is 25.8. The third-order valence-corrected chi connectivity index (χ3v) is 9.65. The Bertz CT molecular complexity index is 1770. The second-order valence-corrected chi connectivity index (χ2v) is 14.1. The quantitative estimate of drug-likeness (QED) is 0.164. The summed E-state index contributed by atoms with van der Waals surface area (Å²) in [7, 11) is -4.38. The molecular formula is C35H36Cl2FN3O4S. The molecule has 0 saturated heterocycles. The molecule has 11 heteroatoms. The summed E-state index contributed by atoms with van der Waals surface area (Å²) < 4.78 is 44.3. The van der Waals surface area contributed by atoms with E-state index in [1.807, 2.05) is 51.1 Å². The lowest BCUT2D eigenvalue weighted by molar-refractivity contribution is -0.140. The summed E-state index contributed by atoms with van der Waals surface area (Å²) in [5.74, 6) is -1.63. The van der Waals surface area contributed by atoms with Crippen molar-refractivity contribution in [2.24, 2.45) is 5.92 Å². The van der Waals surface area contributed by atoms with Crippen molar-refractivity contribution in [3.8, 4) is 0 Å². The number of carbonyl (C=O) groups excluding carboxylic acids is 2. The van der Waals surface area contributed by atoms with Gasteiger partial charge in [0.1, 0.15) is 18.4 Å². The molecule has 0 spiro atoms. The van der Waals surface area contributed by atoms with Crippen molar-refractivity contribution < 1.29 is 22.4 Å². The molecule has 0 heterocycles. The third-order valence-electron chi connectivity index (χ3n) is 7.32. The van der Waals surface area contributed by atoms with E-state index in [4.69, 9.17) is 23.2 Å². The topological polar surface area (TPSA) is 86.8 Å². The molecule has 0 aliphatic rings. The van der Waals surface area contributed by atoms with Gasteiger partial charge in [-0.1, -0.05) is 103 Å². The molecule has 1 atom stereocenters. The van der Waals surface area contributed by atoms with Crippen LogP contribution >= 0.6 is 23.2 Å². The number of rotatable bonds is 13. The highest BCUT2D eigenvalue weighted by atomic mass is 35.5. The van der Waals surface area contributed by atoms with Crippen molar-refractivity contribution in [1.29, 1.82) is 0 Å². The molecule has 0 aliphatic carbocycles. The highest BCUT2D eigenvalue weighted by Crippen LogP contribution is 2.33. The normalized spacial score (nSPS) is 12.1. The van der Waals surface area contributed by atoms with Crippen LogP contribution in [0.25, 0.3) is 0 Å². The number of nitrogens with zero attached hydrogens (tertiary/aromatic N) is 2. The molecule has 46 heavy (non-hydrogen) atoms. The van der Waals surface area contributed by atoms with Gasteiger partial charge in [0.05, 0.1) is 15.6 Å². The van der Waals surface area contributed by atoms with Gasteiger partial charge in [0.25, 0.3) is 10.0 Å². The molecule has 4 aromatic carbocycles. The minimum Gasteiger partial charge on any atom is -0.354 e. The Labute approximate surface area is 280 Å². The molecule has 7 nitrogen and oxygen atoms in total. The molecular weight excluding hydrogens is 648 g/mol. The van der Waals surface area contributed by atoms with Crippen LogP contribution in [0, 0.1) is 18.7 Å². The van der Waals surface area contributed by atoms with Crippen LogP contribution < -0.4 is 9.62 Å². The largest absolute Gasteiger partial charge is 0.354 e. The van der Waals surface area contributed by atoms with Gasteiger partial charge in [0.2, 0.25) is 11.8 Å². The molecule has 4 aromatic rings. The van der Waals surface area contributed by atoms with Crippen LogP contribution in [0.4, 0.5) is 10.1 Å². The predicted octanol–water partition coefficient (Wildman–Crippen LogP) is 7.05. The standard InChI is InChI=1S/C35H36Cl2FN3O4S/c1-24(2)21-39-35(43)33(19-26-9-5-4-6-10-26)40(22-27-11-7-8-12-31(27)38)34(42)23-41(32-20-28(36)15-18-30(32)37)46(44,45)29-16-13-25(3)14-17-29/h4-18,20,24,33H,19,21-23H2,1-3H3,(H,39,43). The van der Waals surface area contributed by atoms with Gasteiger partial charge in [-0.05, 0) is 54.8 Å². The van der Waals surface area contributed by atoms with Crippen LogP contribution in [0.15, 0.2) is 102 Å². The molecule has 1 N–H and O–H groups in total. The first-order valence-corrected chi connectivity index (χ1v) is 17.0. The molecule has 0 bridgehead atoms. The maximum absolute atomic E-state index is 15.0. The van der Waals surface area contributed by atoms with Crippen molar-refractivity contribution in [1.82, 2.24) is 10.2 Å². The second kappa shape index (κ2) is 15.6. The number of halogens is 3. The fourth-order valence-electron chi connectivity index (χ4n) is 4.81. The fraction of sp³-hybridized carbons (Fsp3) is 0.257. The zero-order valence-corrected chi connectivity index (χ0v) is 28.1. The van der Waals surface area contributed by atoms with E-state index in [0.29, 0.717) is 6.54 Å². The monoisotopic (exact) mass is 683 g/mol. The third kappa shape index (κ3) is 8.87. The molecule has 0 aliphatic heterocycles. The Balaban J connectivity index is 1.84. The Morgan fingerprint density at radius 2 is 1.54 bits per heavy atom. The van der Waals surface area contributed by atoms with Crippen LogP contribution in [0.5, 0.6) is 0 Å². The second-order valence-electron chi connectivity index (χ2n) is 11.4. The van der Waals surface area contributed by atoms with E-state index in [-0.39, 0.29) is 45.1 Å². The summed E-state index contributed by atoms with van der Waals surface area (Å²) in [4.78, 5) is 29.5. The summed E-state index contributed by atoms with van der Waals surface area (Å²) in [6.07, 6.45) is 0.105. The molecule has 0 aromatic heterocycles. The Kier molecular flexibility index (Phi) is 11.8. The molecule has 0 radical (unpaired) electrons. The van der Waals surface area contributed by atoms with Crippen molar-refractivity contribution in [3.63, 3.8) is 0 Å². The molecule has 2 amide bonds. The Hall–Kier alpha value is -3.92. The SMILES string of the molecule is Cc1ccc(S(=O)(=O)N(CC(=O)N(Cc2ccccc2F)C(Cc2ccccc2)C(=O)NCC(C)C)c2cc(Cl)ccc2Cl)cc1. The van der Waals surface area contributed by atoms with E-state index in [1.165, 1.54) is 53.4 Å². The average Bonchev–Trinajstić information content (AvgIpc) is 3.03. The van der Waals surface area contributed by atoms with Crippen LogP contribution in [-0.2, 0) is 32.6 Å². The van der Waals surface area contributed by atoms with Gasteiger partial charge in [0.15, 0.2) is 0 Å². The number of carbonyl (C=O) groups is 2. The van der Waals surface area contributed by atoms with E-state index in [1.54, 1.807) is 18.2 Å². The van der Waals surface area contributed by atoms with E-state index >= 15 is 4.39 Å². The van der Waals surface area contributed by atoms with Crippen molar-refractivity contribution >= 4 is 50.7 Å². The fourth-order valence-corrected chi connectivity index (χ4v) is 6.68. The summed E-state index contributed by atoms with van der Waals surface area (Å²) in [5.41, 5.74) is 1.76. The maximum Gasteiger partial charge on any atom is 0.264 e. The van der Waals surface area contributed by atoms with Gasteiger partial charge in [-0.25, -0.2) is 12.8 Å². The summed E-state index contributed by atoms with van der Waals surface area (Å²) in [6.45, 7) is 5.02. The number of nitrogens with one attached hydrogen (secondary N) is 1. The smallest absolute Gasteiger partial charge is 0.264 e. The number of sulfonamides is 1. The highest BCUT2D eigenvalue weighted by Gasteiger charge is 2.35. The lowest BCUT2D eigenvalue weighted by Gasteiger charge is -2.34. The number of hydrogen-bond acceptors (Lipinski definition) is 4. The minimum absolute atomic E-state index is 0.0159.